The number of hydrogen-bond acceptors (Lipinski definition) is 7. The Morgan fingerprint density at radius 1 is 1.03 bits per heavy atom. The van der Waals surface area contributed by atoms with Gasteiger partial charge in [-0.3, -0.25) is 19.4 Å². The average Bonchev–Trinajstić information content (AvgIpc) is 3.30. The second-order valence-corrected chi connectivity index (χ2v) is 9.20. The first-order chi connectivity index (χ1) is 17.5. The minimum absolute atomic E-state index is 0.0677. The summed E-state index contributed by atoms with van der Waals surface area (Å²) in [6, 6.07) is 14.1. The molecule has 1 fully saturated rings. The van der Waals surface area contributed by atoms with Crippen LogP contribution in [0.25, 0.3) is 0 Å². The van der Waals surface area contributed by atoms with Gasteiger partial charge in [0.05, 0.1) is 32.9 Å². The van der Waals surface area contributed by atoms with E-state index in [-0.39, 0.29) is 11.9 Å². The van der Waals surface area contributed by atoms with E-state index < -0.39 is 0 Å². The first-order valence-electron chi connectivity index (χ1n) is 13.1. The van der Waals surface area contributed by atoms with Crippen molar-refractivity contribution in [3.05, 3.63) is 59.5 Å². The first kappa shape index (κ1) is 27.9. The predicted octanol–water partition coefficient (Wildman–Crippen LogP) is 3.14. The van der Waals surface area contributed by atoms with E-state index in [4.69, 9.17) is 13.9 Å². The highest BCUT2D eigenvalue weighted by atomic mass is 16.5. The molecule has 1 aromatic carbocycles. The van der Waals surface area contributed by atoms with Crippen molar-refractivity contribution in [2.75, 3.05) is 65.6 Å². The van der Waals surface area contributed by atoms with E-state index in [1.54, 1.807) is 0 Å². The van der Waals surface area contributed by atoms with Crippen LogP contribution in [0.2, 0.25) is 0 Å². The minimum atomic E-state index is -0.186. The zero-order valence-electron chi connectivity index (χ0n) is 21.8. The molecule has 0 radical (unpaired) electrons. The second-order valence-electron chi connectivity index (χ2n) is 9.20. The molecule has 0 spiro atoms. The van der Waals surface area contributed by atoms with Gasteiger partial charge in [-0.2, -0.15) is 0 Å². The van der Waals surface area contributed by atoms with Crippen LogP contribution in [0, 0.1) is 6.92 Å². The van der Waals surface area contributed by atoms with Crippen LogP contribution in [-0.4, -0.2) is 92.2 Å². The molecule has 0 unspecified atom stereocenters. The molecule has 1 aliphatic rings. The number of furan rings is 1. The van der Waals surface area contributed by atoms with Crippen LogP contribution in [0.3, 0.4) is 0 Å². The molecule has 2 aromatic rings. The van der Waals surface area contributed by atoms with Crippen molar-refractivity contribution in [2.45, 2.75) is 39.7 Å². The molecule has 1 aliphatic heterocycles. The van der Waals surface area contributed by atoms with Crippen molar-refractivity contribution in [3.8, 4) is 0 Å². The quantitative estimate of drug-likeness (QED) is 0.349. The van der Waals surface area contributed by atoms with Gasteiger partial charge in [0.25, 0.3) is 0 Å². The molecule has 0 N–H and O–H groups in total. The molecular weight excluding hydrogens is 458 g/mol. The summed E-state index contributed by atoms with van der Waals surface area (Å²) in [5, 5.41) is 0. The van der Waals surface area contributed by atoms with Crippen LogP contribution < -0.4 is 0 Å². The zero-order chi connectivity index (χ0) is 25.6. The Kier molecular flexibility index (Phi) is 12.0. The number of carbonyl (C=O) groups is 2. The van der Waals surface area contributed by atoms with Gasteiger partial charge in [-0.1, -0.05) is 30.3 Å². The van der Waals surface area contributed by atoms with E-state index in [0.717, 1.165) is 57.3 Å². The highest BCUT2D eigenvalue weighted by Crippen LogP contribution is 2.12. The Labute approximate surface area is 215 Å². The topological polar surface area (TPSA) is 75.5 Å². The number of amides is 1. The lowest BCUT2D eigenvalue weighted by molar-refractivity contribution is -0.143. The molecule has 0 bridgehead atoms. The van der Waals surface area contributed by atoms with Crippen LogP contribution in [-0.2, 0) is 32.0 Å². The molecule has 0 aliphatic carbocycles. The fraction of sp³-hybridized carbons (Fsp3) is 0.571. The van der Waals surface area contributed by atoms with Gasteiger partial charge < -0.3 is 18.8 Å². The number of aryl methyl sites for hydroxylation is 1. The summed E-state index contributed by atoms with van der Waals surface area (Å²) in [5.41, 5.74) is 1.20. The minimum Gasteiger partial charge on any atom is -0.466 e. The third-order valence-electron chi connectivity index (χ3n) is 6.36. The molecule has 1 saturated heterocycles. The van der Waals surface area contributed by atoms with Gasteiger partial charge >= 0.3 is 5.97 Å². The molecule has 0 atom stereocenters. The summed E-state index contributed by atoms with van der Waals surface area (Å²) in [4.78, 5) is 31.8. The van der Waals surface area contributed by atoms with E-state index >= 15 is 0 Å². The molecule has 1 amide bonds. The Morgan fingerprint density at radius 2 is 1.81 bits per heavy atom. The second kappa shape index (κ2) is 15.4. The number of hydrogen-bond donors (Lipinski definition) is 0. The van der Waals surface area contributed by atoms with E-state index in [0.29, 0.717) is 45.6 Å². The van der Waals surface area contributed by atoms with Crippen molar-refractivity contribution >= 4 is 11.9 Å². The number of ether oxygens (including phenoxy) is 2. The number of esters is 1. The number of carbonyl (C=O) groups excluding carboxylic acids is 2. The van der Waals surface area contributed by atoms with Crippen molar-refractivity contribution in [1.82, 2.24) is 14.7 Å². The molecular formula is C28H41N3O5. The van der Waals surface area contributed by atoms with E-state index in [9.17, 15) is 9.59 Å². The summed E-state index contributed by atoms with van der Waals surface area (Å²) in [5.74, 6) is 1.51. The van der Waals surface area contributed by atoms with Gasteiger partial charge in [0, 0.05) is 39.1 Å². The fourth-order valence-electron chi connectivity index (χ4n) is 4.31. The number of benzene rings is 1. The fourth-order valence-corrected chi connectivity index (χ4v) is 4.31. The maximum absolute atomic E-state index is 13.6. The van der Waals surface area contributed by atoms with Gasteiger partial charge in [0.1, 0.15) is 11.5 Å². The van der Waals surface area contributed by atoms with Gasteiger partial charge in [-0.15, -0.1) is 0 Å². The van der Waals surface area contributed by atoms with Crippen molar-refractivity contribution in [3.63, 3.8) is 0 Å². The van der Waals surface area contributed by atoms with Crippen molar-refractivity contribution < 1.29 is 23.5 Å². The largest absolute Gasteiger partial charge is 0.466 e. The summed E-state index contributed by atoms with van der Waals surface area (Å²) < 4.78 is 16.3. The lowest BCUT2D eigenvalue weighted by atomic mass is 10.1. The number of rotatable bonds is 15. The molecule has 8 nitrogen and oxygen atoms in total. The van der Waals surface area contributed by atoms with Gasteiger partial charge in [-0.25, -0.2) is 0 Å². The Balaban J connectivity index is 1.62. The molecule has 3 rings (SSSR count). The third-order valence-corrected chi connectivity index (χ3v) is 6.36. The number of nitrogens with zero attached hydrogens (tertiary/aromatic N) is 3. The standard InChI is InChI=1S/C28H41N3O5/c1-3-35-28(33)10-7-14-30(17-16-29-18-20-34-21-19-29)23-27(32)31(22-26-12-11-24(2)36-26)15-13-25-8-5-4-6-9-25/h4-6,8-9,11-12H,3,7,10,13-23H2,1-2H3. The average molecular weight is 500 g/mol. The van der Waals surface area contributed by atoms with Crippen molar-refractivity contribution in [1.29, 1.82) is 0 Å². The summed E-state index contributed by atoms with van der Waals surface area (Å²) in [7, 11) is 0. The molecule has 2 heterocycles. The molecule has 1 aromatic heterocycles. The molecule has 36 heavy (non-hydrogen) atoms. The smallest absolute Gasteiger partial charge is 0.305 e. The maximum Gasteiger partial charge on any atom is 0.305 e. The first-order valence-corrected chi connectivity index (χ1v) is 13.1. The third kappa shape index (κ3) is 10.1. The monoisotopic (exact) mass is 499 g/mol. The van der Waals surface area contributed by atoms with E-state index in [2.05, 4.69) is 21.9 Å². The Morgan fingerprint density at radius 3 is 2.50 bits per heavy atom. The van der Waals surface area contributed by atoms with E-state index in [1.165, 1.54) is 5.56 Å². The van der Waals surface area contributed by atoms with Gasteiger partial charge in [0.2, 0.25) is 5.91 Å². The lowest BCUT2D eigenvalue weighted by Gasteiger charge is -2.31. The SMILES string of the molecule is CCOC(=O)CCCN(CCN1CCOCC1)CC(=O)N(CCc1ccccc1)Cc1ccc(C)o1. The summed E-state index contributed by atoms with van der Waals surface area (Å²) in [6.45, 7) is 11.1. The zero-order valence-corrected chi connectivity index (χ0v) is 21.8. The summed E-state index contributed by atoms with van der Waals surface area (Å²) >= 11 is 0. The highest BCUT2D eigenvalue weighted by molar-refractivity contribution is 5.78. The maximum atomic E-state index is 13.6. The Hall–Kier alpha value is -2.68. The van der Waals surface area contributed by atoms with Gasteiger partial charge in [-0.05, 0) is 50.9 Å². The van der Waals surface area contributed by atoms with Gasteiger partial charge in [0.15, 0.2) is 0 Å². The van der Waals surface area contributed by atoms with E-state index in [1.807, 2.05) is 49.1 Å². The Bertz CT molecular complexity index is 911. The molecule has 8 heteroatoms. The van der Waals surface area contributed by atoms with Crippen LogP contribution in [0.4, 0.5) is 0 Å². The van der Waals surface area contributed by atoms with Crippen LogP contribution in [0.1, 0.15) is 36.8 Å². The van der Waals surface area contributed by atoms with Crippen LogP contribution in [0.15, 0.2) is 46.9 Å². The van der Waals surface area contributed by atoms with Crippen molar-refractivity contribution in [2.24, 2.45) is 0 Å². The normalized spacial score (nSPS) is 14.2. The predicted molar refractivity (Wildman–Crippen MR) is 139 cm³/mol. The highest BCUT2D eigenvalue weighted by Gasteiger charge is 2.21. The lowest BCUT2D eigenvalue weighted by Crippen LogP contribution is -2.45. The van der Waals surface area contributed by atoms with Crippen LogP contribution >= 0.6 is 0 Å². The number of morpholine rings is 1. The molecule has 0 saturated carbocycles. The molecule has 198 valence electrons. The summed E-state index contributed by atoms with van der Waals surface area (Å²) in [6.07, 6.45) is 1.80. The van der Waals surface area contributed by atoms with Crippen LogP contribution in [0.5, 0.6) is 0 Å².